The molecular formula is C19H26N6O. The number of piperazine rings is 1. The van der Waals surface area contributed by atoms with Gasteiger partial charge in [0.25, 0.3) is 0 Å². The number of aromatic nitrogens is 3. The van der Waals surface area contributed by atoms with Crippen LogP contribution in [0.5, 0.6) is 0 Å². The smallest absolute Gasteiger partial charge is 0.225 e. The molecule has 0 radical (unpaired) electrons. The Hall–Kier alpha value is -2.70. The molecular weight excluding hydrogens is 328 g/mol. The highest BCUT2D eigenvalue weighted by molar-refractivity contribution is 5.78. The highest BCUT2D eigenvalue weighted by Gasteiger charge is 2.23. The lowest BCUT2D eigenvalue weighted by Gasteiger charge is -2.36. The van der Waals surface area contributed by atoms with Crippen molar-refractivity contribution >= 4 is 23.4 Å². The summed E-state index contributed by atoms with van der Waals surface area (Å²) in [7, 11) is 0. The molecule has 1 amide bonds. The molecule has 7 nitrogen and oxygen atoms in total. The van der Waals surface area contributed by atoms with Crippen molar-refractivity contribution in [3.8, 4) is 0 Å². The summed E-state index contributed by atoms with van der Waals surface area (Å²) in [5.41, 5.74) is 1.14. The third kappa shape index (κ3) is 4.28. The topological polar surface area (TPSA) is 74.2 Å². The average molecular weight is 354 g/mol. The summed E-state index contributed by atoms with van der Waals surface area (Å²) in [5.74, 6) is 3.34. The Kier molecular flexibility index (Phi) is 5.35. The van der Waals surface area contributed by atoms with E-state index >= 15 is 0 Å². The molecule has 138 valence electrons. The zero-order chi connectivity index (χ0) is 18.7. The molecule has 1 fully saturated rings. The van der Waals surface area contributed by atoms with E-state index < -0.39 is 0 Å². The molecule has 2 aromatic heterocycles. The van der Waals surface area contributed by atoms with Crippen molar-refractivity contribution < 1.29 is 4.79 Å². The van der Waals surface area contributed by atoms with Crippen molar-refractivity contribution in [3.05, 3.63) is 35.8 Å². The Bertz CT molecular complexity index is 783. The van der Waals surface area contributed by atoms with Gasteiger partial charge in [0.1, 0.15) is 23.3 Å². The second kappa shape index (κ2) is 7.68. The van der Waals surface area contributed by atoms with Gasteiger partial charge >= 0.3 is 0 Å². The van der Waals surface area contributed by atoms with Gasteiger partial charge < -0.3 is 15.1 Å². The van der Waals surface area contributed by atoms with E-state index in [4.69, 9.17) is 0 Å². The Balaban J connectivity index is 1.71. The zero-order valence-corrected chi connectivity index (χ0v) is 15.9. The van der Waals surface area contributed by atoms with Crippen LogP contribution in [0.3, 0.4) is 0 Å². The first kappa shape index (κ1) is 18.1. The first-order valence-electron chi connectivity index (χ1n) is 9.01. The standard InChI is InChI=1S/C19H26N6O/c1-13(2)19(26)25-9-7-24(8-10-25)18-12-17(21-15(4)22-18)23-16-11-14(3)5-6-20-16/h5-6,11-13H,7-10H2,1-4H3,(H,20,21,22,23). The fourth-order valence-corrected chi connectivity index (χ4v) is 3.03. The van der Waals surface area contributed by atoms with Crippen molar-refractivity contribution in [3.63, 3.8) is 0 Å². The molecule has 26 heavy (non-hydrogen) atoms. The molecule has 0 bridgehead atoms. The second-order valence-electron chi connectivity index (χ2n) is 6.97. The fraction of sp³-hybridized carbons (Fsp3) is 0.474. The molecule has 0 spiro atoms. The average Bonchev–Trinajstić information content (AvgIpc) is 2.60. The van der Waals surface area contributed by atoms with E-state index in [0.29, 0.717) is 5.82 Å². The van der Waals surface area contributed by atoms with Crippen LogP contribution in [0.4, 0.5) is 17.5 Å². The van der Waals surface area contributed by atoms with E-state index in [1.165, 1.54) is 0 Å². The number of amides is 1. The Morgan fingerprint density at radius 2 is 1.81 bits per heavy atom. The van der Waals surface area contributed by atoms with Crippen LogP contribution in [-0.2, 0) is 4.79 Å². The number of hydrogen-bond acceptors (Lipinski definition) is 6. The van der Waals surface area contributed by atoms with Crippen LogP contribution in [0, 0.1) is 19.8 Å². The van der Waals surface area contributed by atoms with Gasteiger partial charge in [0.05, 0.1) is 0 Å². The number of nitrogens with one attached hydrogen (secondary N) is 1. The summed E-state index contributed by atoms with van der Waals surface area (Å²) in [4.78, 5) is 29.6. The summed E-state index contributed by atoms with van der Waals surface area (Å²) in [6.07, 6.45) is 1.78. The van der Waals surface area contributed by atoms with Crippen molar-refractivity contribution in [1.29, 1.82) is 0 Å². The summed E-state index contributed by atoms with van der Waals surface area (Å²) in [6, 6.07) is 5.88. The molecule has 1 N–H and O–H groups in total. The monoisotopic (exact) mass is 354 g/mol. The summed E-state index contributed by atoms with van der Waals surface area (Å²) >= 11 is 0. The van der Waals surface area contributed by atoms with Gasteiger partial charge in [-0.25, -0.2) is 15.0 Å². The molecule has 1 aliphatic heterocycles. The third-order valence-corrected chi connectivity index (χ3v) is 4.41. The van der Waals surface area contributed by atoms with Crippen molar-refractivity contribution in [2.24, 2.45) is 5.92 Å². The van der Waals surface area contributed by atoms with Crippen molar-refractivity contribution in [1.82, 2.24) is 19.9 Å². The summed E-state index contributed by atoms with van der Waals surface area (Å²) < 4.78 is 0. The predicted molar refractivity (Wildman–Crippen MR) is 103 cm³/mol. The first-order valence-corrected chi connectivity index (χ1v) is 9.01. The molecule has 0 aliphatic carbocycles. The number of carbonyl (C=O) groups excluding carboxylic acids is 1. The SMILES string of the molecule is Cc1ccnc(Nc2cc(N3CCN(C(=O)C(C)C)CC3)nc(C)n2)c1. The van der Waals surface area contributed by atoms with Crippen LogP contribution in [-0.4, -0.2) is 51.9 Å². The number of carbonyl (C=O) groups is 1. The van der Waals surface area contributed by atoms with Gasteiger partial charge in [-0.3, -0.25) is 4.79 Å². The van der Waals surface area contributed by atoms with E-state index in [1.807, 2.05) is 50.8 Å². The number of rotatable bonds is 4. The number of hydrogen-bond donors (Lipinski definition) is 1. The molecule has 0 unspecified atom stereocenters. The summed E-state index contributed by atoms with van der Waals surface area (Å²) in [6.45, 7) is 10.8. The van der Waals surface area contributed by atoms with Gasteiger partial charge in [-0.1, -0.05) is 13.8 Å². The van der Waals surface area contributed by atoms with Crippen LogP contribution in [0.2, 0.25) is 0 Å². The number of pyridine rings is 1. The molecule has 3 heterocycles. The minimum Gasteiger partial charge on any atom is -0.353 e. The molecule has 7 heteroatoms. The molecule has 1 saturated heterocycles. The van der Waals surface area contributed by atoms with Crippen LogP contribution in [0.15, 0.2) is 24.4 Å². The van der Waals surface area contributed by atoms with E-state index in [0.717, 1.165) is 49.2 Å². The maximum Gasteiger partial charge on any atom is 0.225 e. The molecule has 3 rings (SSSR count). The number of nitrogens with zero attached hydrogens (tertiary/aromatic N) is 5. The fourth-order valence-electron chi connectivity index (χ4n) is 3.03. The van der Waals surface area contributed by atoms with Crippen LogP contribution in [0.25, 0.3) is 0 Å². The lowest BCUT2D eigenvalue weighted by Crippen LogP contribution is -2.50. The quantitative estimate of drug-likeness (QED) is 0.909. The lowest BCUT2D eigenvalue weighted by atomic mass is 10.1. The van der Waals surface area contributed by atoms with Crippen LogP contribution >= 0.6 is 0 Å². The Labute approximate surface area is 154 Å². The molecule has 0 saturated carbocycles. The van der Waals surface area contributed by atoms with Gasteiger partial charge in [0, 0.05) is 44.4 Å². The number of anilines is 3. The predicted octanol–water partition coefficient (Wildman–Crippen LogP) is 2.54. The second-order valence-corrected chi connectivity index (χ2v) is 6.97. The van der Waals surface area contributed by atoms with Gasteiger partial charge in [0.15, 0.2) is 0 Å². The van der Waals surface area contributed by atoms with Crippen molar-refractivity contribution in [2.75, 3.05) is 36.4 Å². The zero-order valence-electron chi connectivity index (χ0n) is 15.9. The molecule has 2 aromatic rings. The lowest BCUT2D eigenvalue weighted by molar-refractivity contribution is -0.134. The van der Waals surface area contributed by atoms with E-state index in [-0.39, 0.29) is 11.8 Å². The van der Waals surface area contributed by atoms with Gasteiger partial charge in [0.2, 0.25) is 5.91 Å². The van der Waals surface area contributed by atoms with E-state index in [2.05, 4.69) is 25.2 Å². The van der Waals surface area contributed by atoms with Gasteiger partial charge in [-0.05, 0) is 31.5 Å². The highest BCUT2D eigenvalue weighted by Crippen LogP contribution is 2.21. The van der Waals surface area contributed by atoms with Crippen LogP contribution in [0.1, 0.15) is 25.2 Å². The Morgan fingerprint density at radius 3 is 2.46 bits per heavy atom. The first-order chi connectivity index (χ1) is 12.4. The van der Waals surface area contributed by atoms with Gasteiger partial charge in [-0.2, -0.15) is 0 Å². The minimum absolute atomic E-state index is 0.0421. The van der Waals surface area contributed by atoms with E-state index in [1.54, 1.807) is 6.20 Å². The highest BCUT2D eigenvalue weighted by atomic mass is 16.2. The van der Waals surface area contributed by atoms with Crippen molar-refractivity contribution in [2.45, 2.75) is 27.7 Å². The molecule has 0 atom stereocenters. The molecule has 0 aromatic carbocycles. The minimum atomic E-state index is 0.0421. The van der Waals surface area contributed by atoms with Crippen LogP contribution < -0.4 is 10.2 Å². The van der Waals surface area contributed by atoms with E-state index in [9.17, 15) is 4.79 Å². The number of aryl methyl sites for hydroxylation is 2. The maximum atomic E-state index is 12.1. The third-order valence-electron chi connectivity index (χ3n) is 4.41. The Morgan fingerprint density at radius 1 is 1.08 bits per heavy atom. The normalized spacial score (nSPS) is 14.7. The maximum absolute atomic E-state index is 12.1. The van der Waals surface area contributed by atoms with Gasteiger partial charge in [-0.15, -0.1) is 0 Å². The summed E-state index contributed by atoms with van der Waals surface area (Å²) in [5, 5.41) is 3.25. The molecule has 1 aliphatic rings. The largest absolute Gasteiger partial charge is 0.353 e.